The van der Waals surface area contributed by atoms with Crippen molar-refractivity contribution in [2.45, 2.75) is 45.1 Å². The topological polar surface area (TPSA) is 20.2 Å². The average molecular weight is 224 g/mol. The Balaban J connectivity index is 2.74. The van der Waals surface area contributed by atoms with Gasteiger partial charge in [-0.1, -0.05) is 56.0 Å². The van der Waals surface area contributed by atoms with Gasteiger partial charge in [0.25, 0.3) is 0 Å². The molecule has 1 rings (SSSR count). The third kappa shape index (κ3) is 3.31. The van der Waals surface area contributed by atoms with Gasteiger partial charge in [0.15, 0.2) is 0 Å². The lowest BCUT2D eigenvalue weighted by Crippen LogP contribution is -2.28. The van der Waals surface area contributed by atoms with Gasteiger partial charge in [-0.2, -0.15) is 0 Å². The molecule has 1 nitrogen and oxygen atoms in total. The molecule has 0 fully saturated rings. The first-order valence-corrected chi connectivity index (χ1v) is 5.98. The normalized spacial score (nSPS) is 14.8. The maximum Gasteiger partial charge on any atom is 0.122 e. The number of aliphatic hydroxyl groups is 1. The monoisotopic (exact) mass is 224 g/mol. The molecule has 0 heterocycles. The predicted molar refractivity (Wildman–Crippen MR) is 65.2 cm³/mol. The molecule has 2 heteroatoms. The summed E-state index contributed by atoms with van der Waals surface area (Å²) in [6.45, 7) is 3.37. The summed E-state index contributed by atoms with van der Waals surface area (Å²) in [6, 6.07) is 7.47. The van der Waals surface area contributed by atoms with Gasteiger partial charge in [0.2, 0.25) is 0 Å². The zero-order valence-corrected chi connectivity index (χ0v) is 10.2. The minimum absolute atomic E-state index is 0.500. The standard InChI is InChI=1S/C14H21FO/c1-3-4-5-10-14(16,11-15)13-8-6-12(2)7-9-13/h6-9,16H,3-5,10-11H2,1-2H3. The van der Waals surface area contributed by atoms with E-state index in [2.05, 4.69) is 6.92 Å². The van der Waals surface area contributed by atoms with Gasteiger partial charge < -0.3 is 5.11 Å². The summed E-state index contributed by atoms with van der Waals surface area (Å²) in [7, 11) is 0. The van der Waals surface area contributed by atoms with Crippen molar-refractivity contribution in [3.63, 3.8) is 0 Å². The fourth-order valence-electron chi connectivity index (χ4n) is 1.82. The molecule has 0 aliphatic heterocycles. The Hall–Kier alpha value is -0.890. The zero-order valence-electron chi connectivity index (χ0n) is 10.2. The van der Waals surface area contributed by atoms with E-state index in [4.69, 9.17) is 0 Å². The number of aryl methyl sites for hydroxylation is 1. The van der Waals surface area contributed by atoms with Crippen LogP contribution in [0.4, 0.5) is 4.39 Å². The van der Waals surface area contributed by atoms with E-state index in [0.29, 0.717) is 12.0 Å². The molecule has 0 bridgehead atoms. The van der Waals surface area contributed by atoms with Crippen LogP contribution in [0.3, 0.4) is 0 Å². The fourth-order valence-corrected chi connectivity index (χ4v) is 1.82. The van der Waals surface area contributed by atoms with Gasteiger partial charge in [-0.3, -0.25) is 0 Å². The molecule has 1 unspecified atom stereocenters. The van der Waals surface area contributed by atoms with Crippen LogP contribution in [0, 0.1) is 6.92 Å². The number of halogens is 1. The van der Waals surface area contributed by atoms with E-state index in [9.17, 15) is 9.50 Å². The van der Waals surface area contributed by atoms with Crippen molar-refractivity contribution in [1.29, 1.82) is 0 Å². The second-order valence-electron chi connectivity index (χ2n) is 4.49. The maximum absolute atomic E-state index is 13.0. The Morgan fingerprint density at radius 3 is 2.31 bits per heavy atom. The molecule has 90 valence electrons. The van der Waals surface area contributed by atoms with Crippen molar-refractivity contribution in [3.8, 4) is 0 Å². The summed E-state index contributed by atoms with van der Waals surface area (Å²) < 4.78 is 13.0. The van der Waals surface area contributed by atoms with Gasteiger partial charge in [0.1, 0.15) is 12.3 Å². The summed E-state index contributed by atoms with van der Waals surface area (Å²) in [6.07, 6.45) is 3.48. The maximum atomic E-state index is 13.0. The Bertz CT molecular complexity index is 307. The molecular weight excluding hydrogens is 203 g/mol. The van der Waals surface area contributed by atoms with Gasteiger partial charge >= 0.3 is 0 Å². The van der Waals surface area contributed by atoms with E-state index >= 15 is 0 Å². The lowest BCUT2D eigenvalue weighted by Gasteiger charge is -2.25. The minimum Gasteiger partial charge on any atom is -0.382 e. The number of hydrogen-bond acceptors (Lipinski definition) is 1. The molecule has 1 aromatic rings. The Morgan fingerprint density at radius 2 is 1.81 bits per heavy atom. The van der Waals surface area contributed by atoms with Gasteiger partial charge in [0.05, 0.1) is 0 Å². The largest absolute Gasteiger partial charge is 0.382 e. The average Bonchev–Trinajstić information content (AvgIpc) is 2.30. The number of unbranched alkanes of at least 4 members (excludes halogenated alkanes) is 2. The van der Waals surface area contributed by atoms with Crippen molar-refractivity contribution in [2.24, 2.45) is 0 Å². The molecular formula is C14H21FO. The predicted octanol–water partition coefficient (Wildman–Crippen LogP) is 3.73. The van der Waals surface area contributed by atoms with Crippen molar-refractivity contribution in [3.05, 3.63) is 35.4 Å². The van der Waals surface area contributed by atoms with E-state index in [1.807, 2.05) is 31.2 Å². The van der Waals surface area contributed by atoms with Crippen LogP contribution in [0.15, 0.2) is 24.3 Å². The van der Waals surface area contributed by atoms with Crippen LogP contribution in [0.1, 0.15) is 43.7 Å². The van der Waals surface area contributed by atoms with Crippen LogP contribution in [0.2, 0.25) is 0 Å². The highest BCUT2D eigenvalue weighted by Crippen LogP contribution is 2.28. The molecule has 1 aromatic carbocycles. The van der Waals surface area contributed by atoms with Crippen LogP contribution >= 0.6 is 0 Å². The number of rotatable bonds is 6. The lowest BCUT2D eigenvalue weighted by molar-refractivity contribution is 0.000550. The molecule has 1 N–H and O–H groups in total. The summed E-state index contributed by atoms with van der Waals surface area (Å²) in [5, 5.41) is 10.2. The van der Waals surface area contributed by atoms with E-state index < -0.39 is 12.3 Å². The van der Waals surface area contributed by atoms with Crippen molar-refractivity contribution in [1.82, 2.24) is 0 Å². The van der Waals surface area contributed by atoms with E-state index in [1.165, 1.54) is 0 Å². The highest BCUT2D eigenvalue weighted by Gasteiger charge is 2.28. The first kappa shape index (κ1) is 13.2. The fraction of sp³-hybridized carbons (Fsp3) is 0.571. The highest BCUT2D eigenvalue weighted by molar-refractivity contribution is 5.26. The van der Waals surface area contributed by atoms with Gasteiger partial charge in [-0.15, -0.1) is 0 Å². The summed E-state index contributed by atoms with van der Waals surface area (Å²) in [5.74, 6) is 0. The highest BCUT2D eigenvalue weighted by atomic mass is 19.1. The molecule has 0 spiro atoms. The molecule has 0 aromatic heterocycles. The minimum atomic E-state index is -1.29. The third-order valence-corrected chi connectivity index (χ3v) is 3.00. The Labute approximate surface area is 97.3 Å². The van der Waals surface area contributed by atoms with Crippen LogP contribution in [-0.4, -0.2) is 11.8 Å². The molecule has 1 atom stereocenters. The smallest absolute Gasteiger partial charge is 0.122 e. The molecule has 0 saturated heterocycles. The van der Waals surface area contributed by atoms with Gasteiger partial charge in [-0.05, 0) is 18.9 Å². The van der Waals surface area contributed by atoms with Crippen molar-refractivity contribution < 1.29 is 9.50 Å². The van der Waals surface area contributed by atoms with Crippen LogP contribution < -0.4 is 0 Å². The van der Waals surface area contributed by atoms with Crippen LogP contribution in [0.25, 0.3) is 0 Å². The summed E-state index contributed by atoms with van der Waals surface area (Å²) >= 11 is 0. The molecule has 16 heavy (non-hydrogen) atoms. The summed E-state index contributed by atoms with van der Waals surface area (Å²) in [4.78, 5) is 0. The van der Waals surface area contributed by atoms with Gasteiger partial charge in [-0.25, -0.2) is 4.39 Å². The second kappa shape index (κ2) is 6.00. The van der Waals surface area contributed by atoms with Gasteiger partial charge in [0, 0.05) is 0 Å². The lowest BCUT2D eigenvalue weighted by atomic mass is 9.89. The molecule has 0 saturated carbocycles. The molecule has 0 aliphatic carbocycles. The first-order chi connectivity index (χ1) is 7.62. The Morgan fingerprint density at radius 1 is 1.19 bits per heavy atom. The van der Waals surface area contributed by atoms with Crippen LogP contribution in [-0.2, 0) is 5.60 Å². The third-order valence-electron chi connectivity index (χ3n) is 3.00. The van der Waals surface area contributed by atoms with E-state index in [0.717, 1.165) is 24.8 Å². The molecule has 0 amide bonds. The van der Waals surface area contributed by atoms with E-state index in [-0.39, 0.29) is 0 Å². The Kier molecular flexibility index (Phi) is 4.94. The van der Waals surface area contributed by atoms with Crippen molar-refractivity contribution >= 4 is 0 Å². The number of alkyl halides is 1. The second-order valence-corrected chi connectivity index (χ2v) is 4.49. The summed E-state index contributed by atoms with van der Waals surface area (Å²) in [5.41, 5.74) is 0.526. The SMILES string of the molecule is CCCCCC(O)(CF)c1ccc(C)cc1. The van der Waals surface area contributed by atoms with E-state index in [1.54, 1.807) is 0 Å². The number of hydrogen-bond donors (Lipinski definition) is 1. The molecule has 0 aliphatic rings. The zero-order chi connectivity index (χ0) is 12.0. The molecule has 0 radical (unpaired) electrons. The quantitative estimate of drug-likeness (QED) is 0.730. The first-order valence-electron chi connectivity index (χ1n) is 5.98. The number of benzene rings is 1. The van der Waals surface area contributed by atoms with Crippen LogP contribution in [0.5, 0.6) is 0 Å². The van der Waals surface area contributed by atoms with Crippen molar-refractivity contribution in [2.75, 3.05) is 6.67 Å².